The molecule has 0 atom stereocenters. The molecule has 114 valence electrons. The Morgan fingerprint density at radius 2 is 1.64 bits per heavy atom. The van der Waals surface area contributed by atoms with Gasteiger partial charge in [-0.2, -0.15) is 0 Å². The lowest BCUT2D eigenvalue weighted by molar-refractivity contribution is -0.145. The van der Waals surface area contributed by atoms with Crippen molar-refractivity contribution in [3.05, 3.63) is 60.2 Å². The summed E-state index contributed by atoms with van der Waals surface area (Å²) in [7, 11) is 0. The van der Waals surface area contributed by atoms with Gasteiger partial charge in [0.25, 0.3) is 0 Å². The minimum absolute atomic E-state index is 0.634. The summed E-state index contributed by atoms with van der Waals surface area (Å²) in [6, 6.07) is 18.0. The van der Waals surface area contributed by atoms with Crippen LogP contribution >= 0.6 is 11.8 Å². The van der Waals surface area contributed by atoms with E-state index in [1.165, 1.54) is 0 Å². The SMILES string of the molecule is O=C(O)C1(c2ccccc2Sc2ccccc2)CCNCC1. The van der Waals surface area contributed by atoms with Crippen LogP contribution in [0.1, 0.15) is 18.4 Å². The summed E-state index contributed by atoms with van der Waals surface area (Å²) in [4.78, 5) is 14.2. The van der Waals surface area contributed by atoms with Crippen LogP contribution in [0.2, 0.25) is 0 Å². The van der Waals surface area contributed by atoms with Crippen molar-refractivity contribution < 1.29 is 9.90 Å². The molecule has 1 heterocycles. The number of carbonyl (C=O) groups is 1. The second-order valence-electron chi connectivity index (χ2n) is 5.55. The van der Waals surface area contributed by atoms with Gasteiger partial charge in [0, 0.05) is 9.79 Å². The number of nitrogens with one attached hydrogen (secondary N) is 1. The smallest absolute Gasteiger partial charge is 0.314 e. The van der Waals surface area contributed by atoms with Crippen LogP contribution in [-0.4, -0.2) is 24.2 Å². The molecule has 2 aromatic carbocycles. The highest BCUT2D eigenvalue weighted by atomic mass is 32.2. The first-order valence-electron chi connectivity index (χ1n) is 7.49. The number of hydrogen-bond donors (Lipinski definition) is 2. The molecular weight excluding hydrogens is 294 g/mol. The van der Waals surface area contributed by atoms with Gasteiger partial charge < -0.3 is 10.4 Å². The molecule has 4 heteroatoms. The molecule has 0 saturated carbocycles. The number of rotatable bonds is 4. The third kappa shape index (κ3) is 2.89. The van der Waals surface area contributed by atoms with E-state index >= 15 is 0 Å². The van der Waals surface area contributed by atoms with Crippen LogP contribution in [0.15, 0.2) is 64.4 Å². The second kappa shape index (κ2) is 6.55. The first-order valence-corrected chi connectivity index (χ1v) is 8.30. The summed E-state index contributed by atoms with van der Waals surface area (Å²) in [5.74, 6) is -0.713. The molecule has 0 aromatic heterocycles. The number of carboxylic acid groups (broad SMARTS) is 1. The minimum atomic E-state index is -0.774. The molecule has 0 radical (unpaired) electrons. The van der Waals surface area contributed by atoms with E-state index in [0.717, 1.165) is 28.4 Å². The van der Waals surface area contributed by atoms with E-state index < -0.39 is 11.4 Å². The largest absolute Gasteiger partial charge is 0.481 e. The van der Waals surface area contributed by atoms with Gasteiger partial charge in [0.15, 0.2) is 0 Å². The van der Waals surface area contributed by atoms with Crippen LogP contribution in [0.25, 0.3) is 0 Å². The van der Waals surface area contributed by atoms with Crippen molar-refractivity contribution in [2.45, 2.75) is 28.0 Å². The maximum atomic E-state index is 12.0. The van der Waals surface area contributed by atoms with Gasteiger partial charge in [0.1, 0.15) is 0 Å². The normalized spacial score (nSPS) is 17.1. The Balaban J connectivity index is 2.01. The standard InChI is InChI=1S/C18H19NO2S/c20-17(21)18(10-12-19-13-11-18)15-8-4-5-9-16(15)22-14-6-2-1-3-7-14/h1-9,19H,10-13H2,(H,20,21). The van der Waals surface area contributed by atoms with Crippen molar-refractivity contribution in [3.63, 3.8) is 0 Å². The predicted molar refractivity (Wildman–Crippen MR) is 88.4 cm³/mol. The average molecular weight is 313 g/mol. The molecule has 0 unspecified atom stereocenters. The van der Waals surface area contributed by atoms with Crippen molar-refractivity contribution in [2.75, 3.05) is 13.1 Å². The average Bonchev–Trinajstić information content (AvgIpc) is 2.57. The first kappa shape index (κ1) is 15.1. The van der Waals surface area contributed by atoms with Gasteiger partial charge in [-0.25, -0.2) is 0 Å². The fourth-order valence-electron chi connectivity index (χ4n) is 3.02. The highest BCUT2D eigenvalue weighted by Gasteiger charge is 2.42. The lowest BCUT2D eigenvalue weighted by Gasteiger charge is -2.35. The summed E-state index contributed by atoms with van der Waals surface area (Å²) >= 11 is 1.64. The molecule has 1 aliphatic heterocycles. The van der Waals surface area contributed by atoms with E-state index in [-0.39, 0.29) is 0 Å². The zero-order valence-electron chi connectivity index (χ0n) is 12.3. The van der Waals surface area contributed by atoms with E-state index in [1.54, 1.807) is 11.8 Å². The molecule has 1 saturated heterocycles. The first-order chi connectivity index (χ1) is 10.7. The number of aliphatic carboxylic acids is 1. The maximum absolute atomic E-state index is 12.0. The van der Waals surface area contributed by atoms with Crippen LogP contribution in [0.3, 0.4) is 0 Å². The van der Waals surface area contributed by atoms with Crippen LogP contribution in [-0.2, 0) is 10.2 Å². The molecule has 22 heavy (non-hydrogen) atoms. The molecule has 1 fully saturated rings. The van der Waals surface area contributed by atoms with Gasteiger partial charge in [0.2, 0.25) is 0 Å². The molecule has 2 N–H and O–H groups in total. The number of carboxylic acids is 1. The van der Waals surface area contributed by atoms with Crippen molar-refractivity contribution in [1.29, 1.82) is 0 Å². The number of benzene rings is 2. The van der Waals surface area contributed by atoms with Crippen LogP contribution in [0.4, 0.5) is 0 Å². The van der Waals surface area contributed by atoms with Crippen molar-refractivity contribution in [3.8, 4) is 0 Å². The fraction of sp³-hybridized carbons (Fsp3) is 0.278. The van der Waals surface area contributed by atoms with Gasteiger partial charge >= 0.3 is 5.97 Å². The van der Waals surface area contributed by atoms with Gasteiger partial charge in [0.05, 0.1) is 5.41 Å². The molecule has 1 aliphatic rings. The molecule has 0 amide bonds. The van der Waals surface area contributed by atoms with E-state index in [2.05, 4.69) is 17.4 Å². The predicted octanol–water partition coefficient (Wildman–Crippen LogP) is 3.54. The monoisotopic (exact) mass is 313 g/mol. The molecule has 3 rings (SSSR count). The zero-order chi connectivity index (χ0) is 15.4. The van der Waals surface area contributed by atoms with E-state index in [9.17, 15) is 9.90 Å². The topological polar surface area (TPSA) is 49.3 Å². The zero-order valence-corrected chi connectivity index (χ0v) is 13.1. The van der Waals surface area contributed by atoms with Crippen LogP contribution in [0.5, 0.6) is 0 Å². The minimum Gasteiger partial charge on any atom is -0.481 e. The van der Waals surface area contributed by atoms with E-state index in [1.807, 2.05) is 42.5 Å². The summed E-state index contributed by atoms with van der Waals surface area (Å²) in [6.45, 7) is 1.49. The molecule has 0 spiro atoms. The molecule has 3 nitrogen and oxygen atoms in total. The number of hydrogen-bond acceptors (Lipinski definition) is 3. The van der Waals surface area contributed by atoms with Crippen molar-refractivity contribution in [2.24, 2.45) is 0 Å². The summed E-state index contributed by atoms with van der Waals surface area (Å²) in [5, 5.41) is 13.2. The Kier molecular flexibility index (Phi) is 4.50. The lowest BCUT2D eigenvalue weighted by atomic mass is 9.73. The Morgan fingerprint density at radius 1 is 1.00 bits per heavy atom. The second-order valence-corrected chi connectivity index (χ2v) is 6.66. The van der Waals surface area contributed by atoms with Gasteiger partial charge in [-0.15, -0.1) is 0 Å². The van der Waals surface area contributed by atoms with Crippen molar-refractivity contribution >= 4 is 17.7 Å². The Morgan fingerprint density at radius 3 is 2.32 bits per heavy atom. The molecular formula is C18H19NO2S. The van der Waals surface area contributed by atoms with Gasteiger partial charge in [-0.05, 0) is 49.7 Å². The molecule has 0 bridgehead atoms. The van der Waals surface area contributed by atoms with Gasteiger partial charge in [-0.3, -0.25) is 4.79 Å². The Hall–Kier alpha value is -1.78. The van der Waals surface area contributed by atoms with E-state index in [4.69, 9.17) is 0 Å². The molecule has 2 aromatic rings. The maximum Gasteiger partial charge on any atom is 0.314 e. The Labute approximate surface area is 134 Å². The third-order valence-corrected chi connectivity index (χ3v) is 5.32. The summed E-state index contributed by atoms with van der Waals surface area (Å²) < 4.78 is 0. The fourth-order valence-corrected chi connectivity index (χ4v) is 4.09. The van der Waals surface area contributed by atoms with Crippen molar-refractivity contribution in [1.82, 2.24) is 5.32 Å². The van der Waals surface area contributed by atoms with E-state index in [0.29, 0.717) is 12.8 Å². The summed E-state index contributed by atoms with van der Waals surface area (Å²) in [5.41, 5.74) is 0.168. The highest BCUT2D eigenvalue weighted by Crippen LogP contribution is 2.41. The van der Waals surface area contributed by atoms with Gasteiger partial charge in [-0.1, -0.05) is 48.2 Å². The quantitative estimate of drug-likeness (QED) is 0.906. The highest BCUT2D eigenvalue weighted by molar-refractivity contribution is 7.99. The van der Waals surface area contributed by atoms with Crippen LogP contribution < -0.4 is 5.32 Å². The summed E-state index contributed by atoms with van der Waals surface area (Å²) in [6.07, 6.45) is 1.27. The Bertz CT molecular complexity index is 651. The third-order valence-electron chi connectivity index (χ3n) is 4.24. The lowest BCUT2D eigenvalue weighted by Crippen LogP contribution is -2.45. The van der Waals surface area contributed by atoms with Crippen LogP contribution in [0, 0.1) is 0 Å². The molecule has 0 aliphatic carbocycles. The number of piperidine rings is 1.